The first kappa shape index (κ1) is 15.4. The third-order valence-corrected chi connectivity index (χ3v) is 3.46. The third kappa shape index (κ3) is 3.14. The number of aromatic nitrogens is 5. The molecule has 0 aliphatic carbocycles. The number of rotatable bonds is 4. The Morgan fingerprint density at radius 1 is 1.17 bits per heavy atom. The number of pyridine rings is 1. The first-order valence-corrected chi connectivity index (χ1v) is 7.48. The number of nitrogens with zero attached hydrogens (tertiary/aromatic N) is 5. The summed E-state index contributed by atoms with van der Waals surface area (Å²) in [7, 11) is 0. The highest BCUT2D eigenvalue weighted by Crippen LogP contribution is 2.24. The van der Waals surface area contributed by atoms with Crippen LogP contribution in [-0.2, 0) is 18.7 Å². The number of fused-ring (bicyclic) bond motifs is 1. The molecule has 23 heavy (non-hydrogen) atoms. The van der Waals surface area contributed by atoms with Crippen molar-refractivity contribution in [3.63, 3.8) is 0 Å². The number of nitrogens with one attached hydrogen (secondary N) is 1. The molecule has 0 bridgehead atoms. The largest absolute Gasteiger partial charge is 0.390 e. The Kier molecular flexibility index (Phi) is 3.96. The first-order valence-electron chi connectivity index (χ1n) is 7.48. The summed E-state index contributed by atoms with van der Waals surface area (Å²) in [4.78, 5) is 13.0. The highest BCUT2D eigenvalue weighted by Gasteiger charge is 2.19. The van der Waals surface area contributed by atoms with E-state index in [-0.39, 0.29) is 12.1 Å². The van der Waals surface area contributed by atoms with Crippen molar-refractivity contribution in [2.24, 2.45) is 0 Å². The summed E-state index contributed by atoms with van der Waals surface area (Å²) in [6, 6.07) is 5.58. The molecule has 120 valence electrons. The van der Waals surface area contributed by atoms with Crippen molar-refractivity contribution < 1.29 is 5.11 Å². The predicted molar refractivity (Wildman–Crippen MR) is 87.8 cm³/mol. The van der Waals surface area contributed by atoms with E-state index < -0.39 is 0 Å². The molecule has 0 amide bonds. The highest BCUT2D eigenvalue weighted by molar-refractivity contribution is 5.86. The van der Waals surface area contributed by atoms with Crippen LogP contribution in [0.3, 0.4) is 0 Å². The van der Waals surface area contributed by atoms with Gasteiger partial charge in [0.15, 0.2) is 5.65 Å². The molecule has 3 heterocycles. The average Bonchev–Trinajstić information content (AvgIpc) is 2.98. The number of hydrogen-bond donors (Lipinski definition) is 2. The normalized spacial score (nSPS) is 11.8. The molecule has 0 aliphatic heterocycles. The Hall–Kier alpha value is -2.54. The van der Waals surface area contributed by atoms with Gasteiger partial charge in [-0.1, -0.05) is 6.07 Å². The molecule has 0 aromatic carbocycles. The van der Waals surface area contributed by atoms with E-state index in [0.29, 0.717) is 12.2 Å². The summed E-state index contributed by atoms with van der Waals surface area (Å²) in [5.41, 5.74) is 2.14. The van der Waals surface area contributed by atoms with Gasteiger partial charge in [0.2, 0.25) is 0 Å². The third-order valence-electron chi connectivity index (χ3n) is 3.46. The molecule has 0 fully saturated rings. The Morgan fingerprint density at radius 3 is 2.70 bits per heavy atom. The van der Waals surface area contributed by atoms with Crippen molar-refractivity contribution in [1.29, 1.82) is 0 Å². The van der Waals surface area contributed by atoms with Gasteiger partial charge in [-0.05, 0) is 32.9 Å². The van der Waals surface area contributed by atoms with Crippen LogP contribution in [-0.4, -0.2) is 29.8 Å². The van der Waals surface area contributed by atoms with Crippen LogP contribution in [0.1, 0.15) is 32.2 Å². The summed E-state index contributed by atoms with van der Waals surface area (Å²) in [5, 5.41) is 17.7. The summed E-state index contributed by atoms with van der Waals surface area (Å²) in [6.45, 7) is 6.70. The predicted octanol–water partition coefficient (Wildman–Crippen LogP) is 2.08. The minimum atomic E-state index is -0.148. The van der Waals surface area contributed by atoms with Crippen LogP contribution in [0.15, 0.2) is 30.7 Å². The zero-order valence-corrected chi connectivity index (χ0v) is 13.5. The van der Waals surface area contributed by atoms with Gasteiger partial charge < -0.3 is 10.4 Å². The molecule has 0 saturated heterocycles. The molecule has 0 saturated carbocycles. The van der Waals surface area contributed by atoms with Crippen molar-refractivity contribution >= 4 is 16.9 Å². The van der Waals surface area contributed by atoms with Gasteiger partial charge in [0, 0.05) is 0 Å². The molecule has 7 heteroatoms. The van der Waals surface area contributed by atoms with E-state index in [1.54, 1.807) is 12.3 Å². The van der Waals surface area contributed by atoms with Crippen LogP contribution in [0.4, 0.5) is 5.82 Å². The quantitative estimate of drug-likeness (QED) is 0.767. The van der Waals surface area contributed by atoms with Crippen LogP contribution in [0.2, 0.25) is 0 Å². The van der Waals surface area contributed by atoms with Crippen LogP contribution in [0.25, 0.3) is 11.0 Å². The number of aliphatic hydroxyl groups is 1. The maximum atomic E-state index is 9.15. The summed E-state index contributed by atoms with van der Waals surface area (Å²) in [5.74, 6) is 0.724. The van der Waals surface area contributed by atoms with Gasteiger partial charge in [-0.15, -0.1) is 0 Å². The average molecular weight is 312 g/mol. The van der Waals surface area contributed by atoms with Gasteiger partial charge in [0.05, 0.1) is 41.7 Å². The van der Waals surface area contributed by atoms with E-state index in [4.69, 9.17) is 5.11 Å². The number of aliphatic hydroxyl groups excluding tert-OH is 1. The van der Waals surface area contributed by atoms with Crippen LogP contribution in [0.5, 0.6) is 0 Å². The second kappa shape index (κ2) is 5.92. The van der Waals surface area contributed by atoms with Crippen molar-refractivity contribution in [2.75, 3.05) is 5.32 Å². The smallest absolute Gasteiger partial charge is 0.163 e. The molecule has 7 nitrogen and oxygen atoms in total. The Morgan fingerprint density at radius 2 is 1.96 bits per heavy atom. The second-order valence-corrected chi connectivity index (χ2v) is 6.32. The lowest BCUT2D eigenvalue weighted by atomic mass is 10.1. The lowest BCUT2D eigenvalue weighted by molar-refractivity contribution is 0.276. The SMILES string of the molecule is CC(C)(C)n1ncc2c(NCc3cccc(CO)n3)ncnc21. The van der Waals surface area contributed by atoms with Crippen molar-refractivity contribution in [1.82, 2.24) is 24.7 Å². The van der Waals surface area contributed by atoms with Crippen LogP contribution >= 0.6 is 0 Å². The maximum Gasteiger partial charge on any atom is 0.163 e. The molecule has 3 aromatic rings. The molecular weight excluding hydrogens is 292 g/mol. The molecule has 2 N–H and O–H groups in total. The van der Waals surface area contributed by atoms with Crippen molar-refractivity contribution in [3.05, 3.63) is 42.1 Å². The van der Waals surface area contributed by atoms with E-state index in [9.17, 15) is 0 Å². The molecule has 0 radical (unpaired) electrons. The van der Waals surface area contributed by atoms with Gasteiger partial charge in [-0.3, -0.25) is 4.98 Å². The standard InChI is InChI=1S/C16H20N6O/c1-16(2,3)22-15-13(8-20-22)14(18-10-19-15)17-7-11-5-4-6-12(9-23)21-11/h4-6,8,10,23H,7,9H2,1-3H3,(H,17,18,19). The fraction of sp³-hybridized carbons (Fsp3) is 0.375. The van der Waals surface area contributed by atoms with E-state index >= 15 is 0 Å². The van der Waals surface area contributed by atoms with E-state index in [0.717, 1.165) is 22.5 Å². The van der Waals surface area contributed by atoms with Crippen LogP contribution < -0.4 is 5.32 Å². The van der Waals surface area contributed by atoms with Gasteiger partial charge in [0.1, 0.15) is 12.1 Å². The van der Waals surface area contributed by atoms with Crippen molar-refractivity contribution in [3.8, 4) is 0 Å². The lowest BCUT2D eigenvalue weighted by Gasteiger charge is -2.19. The Labute approximate surface area is 134 Å². The van der Waals surface area contributed by atoms with Crippen molar-refractivity contribution in [2.45, 2.75) is 39.5 Å². The molecule has 0 spiro atoms. The molecule has 0 unspecified atom stereocenters. The molecule has 3 aromatic heterocycles. The summed E-state index contributed by atoms with van der Waals surface area (Å²) < 4.78 is 1.89. The van der Waals surface area contributed by atoms with E-state index in [2.05, 4.69) is 46.1 Å². The van der Waals surface area contributed by atoms with Gasteiger partial charge in [-0.2, -0.15) is 5.10 Å². The minimum absolute atomic E-state index is 0.0655. The molecule has 0 aliphatic rings. The van der Waals surface area contributed by atoms with Gasteiger partial charge in [-0.25, -0.2) is 14.6 Å². The van der Waals surface area contributed by atoms with E-state index in [1.165, 1.54) is 6.33 Å². The first-order chi connectivity index (χ1) is 11.0. The van der Waals surface area contributed by atoms with Crippen LogP contribution in [0, 0.1) is 0 Å². The topological polar surface area (TPSA) is 88.8 Å². The number of anilines is 1. The molecular formula is C16H20N6O. The van der Waals surface area contributed by atoms with Gasteiger partial charge >= 0.3 is 0 Å². The van der Waals surface area contributed by atoms with E-state index in [1.807, 2.05) is 16.8 Å². The summed E-state index contributed by atoms with van der Waals surface area (Å²) in [6.07, 6.45) is 3.31. The molecule has 3 rings (SSSR count). The second-order valence-electron chi connectivity index (χ2n) is 6.32. The Bertz CT molecular complexity index is 821. The molecule has 0 atom stereocenters. The highest BCUT2D eigenvalue weighted by atomic mass is 16.3. The monoisotopic (exact) mass is 312 g/mol. The number of hydrogen-bond acceptors (Lipinski definition) is 6. The minimum Gasteiger partial charge on any atom is -0.390 e. The summed E-state index contributed by atoms with van der Waals surface area (Å²) >= 11 is 0. The Balaban J connectivity index is 1.87. The fourth-order valence-electron chi connectivity index (χ4n) is 2.37. The maximum absolute atomic E-state index is 9.15. The van der Waals surface area contributed by atoms with Gasteiger partial charge in [0.25, 0.3) is 0 Å². The fourth-order valence-corrected chi connectivity index (χ4v) is 2.37. The zero-order chi connectivity index (χ0) is 16.4. The zero-order valence-electron chi connectivity index (χ0n) is 13.5. The lowest BCUT2D eigenvalue weighted by Crippen LogP contribution is -2.23.